The van der Waals surface area contributed by atoms with Gasteiger partial charge in [0, 0.05) is 63.8 Å². The van der Waals surface area contributed by atoms with Gasteiger partial charge >= 0.3 is 0 Å². The van der Waals surface area contributed by atoms with Crippen molar-refractivity contribution in [1.29, 1.82) is 0 Å². The summed E-state index contributed by atoms with van der Waals surface area (Å²) in [6.07, 6.45) is 4.50. The Morgan fingerprint density at radius 3 is 2.43 bits per heavy atom. The standard InChI is InChI=1S/C23H31N5O2/c1-25-13-9-20-21(24-30)10-14-28(23(29)22(20)25)12-6-5-11-26-15-17-27(18-16-26)19-7-3-2-4-8-19/h2-4,7-9,13,21H,5-6,10-12,14-18H2,1H3. The average molecular weight is 410 g/mol. The van der Waals surface area contributed by atoms with Gasteiger partial charge in [-0.15, -0.1) is 0 Å². The number of carbonyl (C=O) groups is 1. The van der Waals surface area contributed by atoms with Gasteiger partial charge in [0.1, 0.15) is 11.7 Å². The summed E-state index contributed by atoms with van der Waals surface area (Å²) in [5, 5.41) is 3.26. The molecular weight excluding hydrogens is 378 g/mol. The van der Waals surface area contributed by atoms with Crippen LogP contribution in [0.5, 0.6) is 0 Å². The molecule has 4 rings (SSSR count). The summed E-state index contributed by atoms with van der Waals surface area (Å²) in [5.74, 6) is 0.0279. The highest BCUT2D eigenvalue weighted by molar-refractivity contribution is 5.95. The van der Waals surface area contributed by atoms with Crippen molar-refractivity contribution in [2.75, 3.05) is 50.7 Å². The highest BCUT2D eigenvalue weighted by Gasteiger charge is 2.30. The Hall–Kier alpha value is -2.67. The summed E-state index contributed by atoms with van der Waals surface area (Å²) in [5.41, 5.74) is 2.70. The number of aryl methyl sites for hydroxylation is 1. The fourth-order valence-corrected chi connectivity index (χ4v) is 4.61. The molecule has 1 amide bonds. The Morgan fingerprint density at radius 2 is 1.70 bits per heavy atom. The lowest BCUT2D eigenvalue weighted by molar-refractivity contribution is 0.0746. The van der Waals surface area contributed by atoms with Crippen LogP contribution in [0, 0.1) is 4.91 Å². The van der Waals surface area contributed by atoms with Crippen LogP contribution in [0.4, 0.5) is 5.69 Å². The third-order valence-corrected chi connectivity index (χ3v) is 6.40. The molecule has 160 valence electrons. The number of nitroso groups, excluding NO2 is 1. The molecule has 1 aromatic carbocycles. The van der Waals surface area contributed by atoms with E-state index in [-0.39, 0.29) is 5.91 Å². The number of hydrogen-bond donors (Lipinski definition) is 0. The maximum Gasteiger partial charge on any atom is 0.270 e. The predicted molar refractivity (Wildman–Crippen MR) is 119 cm³/mol. The van der Waals surface area contributed by atoms with Crippen LogP contribution >= 0.6 is 0 Å². The van der Waals surface area contributed by atoms with Gasteiger partial charge in [0.25, 0.3) is 5.91 Å². The van der Waals surface area contributed by atoms with Gasteiger partial charge in [-0.2, -0.15) is 4.91 Å². The van der Waals surface area contributed by atoms with Crippen LogP contribution in [0.3, 0.4) is 0 Å². The van der Waals surface area contributed by atoms with Crippen LogP contribution in [0.2, 0.25) is 0 Å². The summed E-state index contributed by atoms with van der Waals surface area (Å²) in [7, 11) is 1.86. The normalized spacial score (nSPS) is 20.2. The SMILES string of the molecule is Cn1ccc2c1C(=O)N(CCCCN1CCN(c3ccccc3)CC1)CCC2N=O. The largest absolute Gasteiger partial charge is 0.369 e. The van der Waals surface area contributed by atoms with Crippen LogP contribution in [0.25, 0.3) is 0 Å². The van der Waals surface area contributed by atoms with Gasteiger partial charge in [-0.3, -0.25) is 9.69 Å². The number of rotatable bonds is 7. The van der Waals surface area contributed by atoms with Crippen molar-refractivity contribution in [3.05, 3.63) is 58.8 Å². The zero-order chi connectivity index (χ0) is 20.9. The summed E-state index contributed by atoms with van der Waals surface area (Å²) in [4.78, 5) is 31.1. The molecular formula is C23H31N5O2. The summed E-state index contributed by atoms with van der Waals surface area (Å²) in [6, 6.07) is 12.0. The Morgan fingerprint density at radius 1 is 0.967 bits per heavy atom. The second-order valence-corrected chi connectivity index (χ2v) is 8.30. The average Bonchev–Trinajstić information content (AvgIpc) is 3.10. The van der Waals surface area contributed by atoms with Gasteiger partial charge in [0.05, 0.1) is 0 Å². The highest BCUT2D eigenvalue weighted by Crippen LogP contribution is 2.30. The third kappa shape index (κ3) is 4.41. The van der Waals surface area contributed by atoms with E-state index < -0.39 is 6.04 Å². The Labute approximate surface area is 178 Å². The van der Waals surface area contributed by atoms with Crippen molar-refractivity contribution in [3.8, 4) is 0 Å². The van der Waals surface area contributed by atoms with Crippen molar-refractivity contribution in [2.45, 2.75) is 25.3 Å². The third-order valence-electron chi connectivity index (χ3n) is 6.40. The first kappa shape index (κ1) is 20.6. The fraction of sp³-hybridized carbons (Fsp3) is 0.522. The van der Waals surface area contributed by atoms with Crippen molar-refractivity contribution >= 4 is 11.6 Å². The zero-order valence-corrected chi connectivity index (χ0v) is 17.7. The topological polar surface area (TPSA) is 61.2 Å². The van der Waals surface area contributed by atoms with Gasteiger partial charge in [0.15, 0.2) is 0 Å². The molecule has 7 heteroatoms. The molecule has 1 saturated heterocycles. The van der Waals surface area contributed by atoms with E-state index in [1.807, 2.05) is 28.8 Å². The first-order valence-electron chi connectivity index (χ1n) is 11.0. The molecule has 30 heavy (non-hydrogen) atoms. The van der Waals surface area contributed by atoms with Gasteiger partial charge < -0.3 is 14.4 Å². The molecule has 0 N–H and O–H groups in total. The number of unbranched alkanes of at least 4 members (excludes halogenated alkanes) is 1. The monoisotopic (exact) mass is 409 g/mol. The number of amides is 1. The van der Waals surface area contributed by atoms with Gasteiger partial charge in [0.2, 0.25) is 0 Å². The molecule has 0 aliphatic carbocycles. The molecule has 0 spiro atoms. The van der Waals surface area contributed by atoms with Crippen molar-refractivity contribution in [2.24, 2.45) is 12.2 Å². The molecule has 7 nitrogen and oxygen atoms in total. The molecule has 0 radical (unpaired) electrons. The fourth-order valence-electron chi connectivity index (χ4n) is 4.61. The van der Waals surface area contributed by atoms with Crippen LogP contribution in [-0.2, 0) is 7.05 Å². The predicted octanol–water partition coefficient (Wildman–Crippen LogP) is 3.28. The lowest BCUT2D eigenvalue weighted by Crippen LogP contribution is -2.46. The first-order valence-corrected chi connectivity index (χ1v) is 11.0. The van der Waals surface area contributed by atoms with E-state index in [9.17, 15) is 9.70 Å². The van der Waals surface area contributed by atoms with E-state index >= 15 is 0 Å². The number of benzene rings is 1. The van der Waals surface area contributed by atoms with Gasteiger partial charge in [-0.25, -0.2) is 0 Å². The number of para-hydroxylation sites is 1. The number of piperazine rings is 1. The maximum absolute atomic E-state index is 13.0. The number of carbonyl (C=O) groups excluding carboxylic acids is 1. The van der Waals surface area contributed by atoms with E-state index in [0.29, 0.717) is 18.7 Å². The van der Waals surface area contributed by atoms with Crippen LogP contribution in [0.15, 0.2) is 47.8 Å². The quantitative estimate of drug-likeness (QED) is 0.520. The van der Waals surface area contributed by atoms with Crippen molar-refractivity contribution in [3.63, 3.8) is 0 Å². The second-order valence-electron chi connectivity index (χ2n) is 8.30. The van der Waals surface area contributed by atoms with E-state index in [0.717, 1.165) is 57.7 Å². The van der Waals surface area contributed by atoms with E-state index in [4.69, 9.17) is 0 Å². The Balaban J connectivity index is 1.23. The minimum atomic E-state index is -0.420. The minimum Gasteiger partial charge on any atom is -0.369 e. The molecule has 1 fully saturated rings. The number of anilines is 1. The van der Waals surface area contributed by atoms with Crippen LogP contribution in [-0.4, -0.2) is 66.1 Å². The molecule has 2 aromatic rings. The van der Waals surface area contributed by atoms with Crippen LogP contribution in [0.1, 0.15) is 41.4 Å². The smallest absolute Gasteiger partial charge is 0.270 e. The molecule has 2 aliphatic rings. The Bertz CT molecular complexity index is 858. The number of fused-ring (bicyclic) bond motifs is 1. The highest BCUT2D eigenvalue weighted by atomic mass is 16.3. The molecule has 1 unspecified atom stereocenters. The first-order chi connectivity index (χ1) is 14.7. The second kappa shape index (κ2) is 9.43. The molecule has 1 atom stereocenters. The summed E-state index contributed by atoms with van der Waals surface area (Å²) >= 11 is 0. The number of hydrogen-bond acceptors (Lipinski definition) is 5. The van der Waals surface area contributed by atoms with Gasteiger partial charge in [-0.1, -0.05) is 23.4 Å². The van der Waals surface area contributed by atoms with Crippen LogP contribution < -0.4 is 4.90 Å². The van der Waals surface area contributed by atoms with Crippen molar-refractivity contribution in [1.82, 2.24) is 14.4 Å². The zero-order valence-electron chi connectivity index (χ0n) is 17.7. The van der Waals surface area contributed by atoms with E-state index in [1.54, 1.807) is 0 Å². The van der Waals surface area contributed by atoms with Gasteiger partial charge in [-0.05, 0) is 44.0 Å². The molecule has 1 aromatic heterocycles. The summed E-state index contributed by atoms with van der Waals surface area (Å²) < 4.78 is 1.82. The lowest BCUT2D eigenvalue weighted by atomic mass is 10.1. The number of nitrogens with zero attached hydrogens (tertiary/aromatic N) is 5. The molecule has 3 heterocycles. The maximum atomic E-state index is 13.0. The summed E-state index contributed by atoms with van der Waals surface area (Å²) in [6.45, 7) is 6.68. The van der Waals surface area contributed by atoms with E-state index in [2.05, 4.69) is 45.3 Å². The van der Waals surface area contributed by atoms with E-state index in [1.165, 1.54) is 5.69 Å². The molecule has 0 bridgehead atoms. The number of aromatic nitrogens is 1. The molecule has 0 saturated carbocycles. The molecule has 2 aliphatic heterocycles. The Kier molecular flexibility index (Phi) is 6.47. The van der Waals surface area contributed by atoms with Crippen molar-refractivity contribution < 1.29 is 4.79 Å². The lowest BCUT2D eigenvalue weighted by Gasteiger charge is -2.36. The minimum absolute atomic E-state index is 0.0279.